The van der Waals surface area contributed by atoms with E-state index in [2.05, 4.69) is 9.97 Å². The zero-order chi connectivity index (χ0) is 17.3. The molecule has 0 bridgehead atoms. The monoisotopic (exact) mass is 360 g/mol. The lowest BCUT2D eigenvalue weighted by Gasteiger charge is -2.00. The van der Waals surface area contributed by atoms with Crippen LogP contribution in [0.2, 0.25) is 0 Å². The Labute approximate surface area is 147 Å². The van der Waals surface area contributed by atoms with Crippen molar-refractivity contribution in [3.63, 3.8) is 0 Å². The molecule has 0 spiro atoms. The topological polar surface area (TPSA) is 72.1 Å². The number of aryl methyl sites for hydroxylation is 1. The minimum atomic E-state index is -0.431. The van der Waals surface area contributed by atoms with Crippen molar-refractivity contribution in [2.75, 3.05) is 12.9 Å². The number of carbonyl (C=O) groups is 2. The van der Waals surface area contributed by atoms with Crippen molar-refractivity contribution in [2.24, 2.45) is 0 Å². The smallest absolute Gasteiger partial charge is 0.339 e. The molecule has 0 saturated carbocycles. The van der Waals surface area contributed by atoms with Gasteiger partial charge in [-0.3, -0.25) is 4.79 Å². The van der Waals surface area contributed by atoms with Crippen molar-refractivity contribution in [1.82, 2.24) is 9.97 Å². The van der Waals surface area contributed by atoms with E-state index >= 15 is 0 Å². The summed E-state index contributed by atoms with van der Waals surface area (Å²) in [6.45, 7) is 3.52. The largest absolute Gasteiger partial charge is 0.465 e. The average Bonchev–Trinajstić information content (AvgIpc) is 3.12. The maximum absolute atomic E-state index is 12.5. The lowest BCUT2D eigenvalue weighted by molar-refractivity contribution is 0.0599. The molecule has 0 aliphatic rings. The third kappa shape index (κ3) is 3.09. The van der Waals surface area contributed by atoms with Crippen LogP contribution < -0.4 is 0 Å². The number of hydrogen-bond acceptors (Lipinski definition) is 6. The number of Topliss-reactive ketones (excluding diaryl/α,β-unsaturated/α-hetero) is 1. The van der Waals surface area contributed by atoms with E-state index in [1.54, 1.807) is 25.2 Å². The lowest BCUT2D eigenvalue weighted by atomic mass is 10.1. The Morgan fingerprint density at radius 1 is 1.29 bits per heavy atom. The number of thiazole rings is 1. The van der Waals surface area contributed by atoms with E-state index in [9.17, 15) is 9.59 Å². The molecule has 1 aromatic carbocycles. The summed E-state index contributed by atoms with van der Waals surface area (Å²) in [6, 6.07) is 7.89. The van der Waals surface area contributed by atoms with Crippen LogP contribution in [-0.4, -0.2) is 34.6 Å². The van der Waals surface area contributed by atoms with E-state index in [4.69, 9.17) is 4.74 Å². The van der Waals surface area contributed by atoms with Crippen molar-refractivity contribution in [3.8, 4) is 0 Å². The van der Waals surface area contributed by atoms with Crippen LogP contribution in [0.4, 0.5) is 0 Å². The molecule has 3 rings (SSSR count). The molecule has 0 amide bonds. The number of ether oxygens (including phenoxy) is 1. The summed E-state index contributed by atoms with van der Waals surface area (Å²) in [7, 11) is 1.33. The fourth-order valence-corrected chi connectivity index (χ4v) is 4.49. The van der Waals surface area contributed by atoms with Crippen LogP contribution in [0.25, 0.3) is 10.2 Å². The number of rotatable bonds is 5. The van der Waals surface area contributed by atoms with E-state index in [1.165, 1.54) is 18.9 Å². The minimum absolute atomic E-state index is 0.0602. The lowest BCUT2D eigenvalue weighted by Crippen LogP contribution is -2.07. The van der Waals surface area contributed by atoms with Gasteiger partial charge in [-0.05, 0) is 31.5 Å². The first-order chi connectivity index (χ1) is 11.5. The van der Waals surface area contributed by atoms with Crippen LogP contribution in [0.15, 0.2) is 28.6 Å². The highest BCUT2D eigenvalue weighted by Crippen LogP contribution is 2.30. The number of benzene rings is 1. The van der Waals surface area contributed by atoms with Crippen LogP contribution >= 0.6 is 23.1 Å². The average molecular weight is 360 g/mol. The zero-order valence-corrected chi connectivity index (χ0v) is 15.1. The number of aromatic amines is 1. The summed E-state index contributed by atoms with van der Waals surface area (Å²) in [6.07, 6.45) is 0. The second kappa shape index (κ2) is 6.78. The van der Waals surface area contributed by atoms with Gasteiger partial charge in [0.1, 0.15) is 0 Å². The number of thioether (sulfide) groups is 1. The molecule has 5 nitrogen and oxygen atoms in total. The predicted molar refractivity (Wildman–Crippen MR) is 96.3 cm³/mol. The Balaban J connectivity index is 1.76. The number of nitrogens with zero attached hydrogens (tertiary/aromatic N) is 1. The van der Waals surface area contributed by atoms with Crippen molar-refractivity contribution in [1.29, 1.82) is 0 Å². The van der Waals surface area contributed by atoms with Gasteiger partial charge >= 0.3 is 5.97 Å². The first-order valence-electron chi connectivity index (χ1n) is 7.30. The van der Waals surface area contributed by atoms with Crippen molar-refractivity contribution < 1.29 is 14.3 Å². The molecule has 1 N–H and O–H groups in total. The minimum Gasteiger partial charge on any atom is -0.465 e. The molecule has 0 aliphatic carbocycles. The summed E-state index contributed by atoms with van der Waals surface area (Å²) in [5.41, 5.74) is 3.12. The molecule has 7 heteroatoms. The number of fused-ring (bicyclic) bond motifs is 1. The first kappa shape index (κ1) is 16.7. The number of methoxy groups -OCH3 is 1. The highest BCUT2D eigenvalue weighted by atomic mass is 32.2. The maximum atomic E-state index is 12.5. The van der Waals surface area contributed by atoms with Crippen molar-refractivity contribution in [2.45, 2.75) is 18.2 Å². The highest BCUT2D eigenvalue weighted by molar-refractivity contribution is 8.01. The molecule has 24 heavy (non-hydrogen) atoms. The maximum Gasteiger partial charge on any atom is 0.339 e. The Kier molecular flexibility index (Phi) is 4.73. The van der Waals surface area contributed by atoms with E-state index in [0.717, 1.165) is 14.6 Å². The summed E-state index contributed by atoms with van der Waals surface area (Å²) >= 11 is 2.98. The summed E-state index contributed by atoms with van der Waals surface area (Å²) in [5.74, 6) is -0.226. The molecule has 0 fully saturated rings. The third-order valence-electron chi connectivity index (χ3n) is 3.71. The third-order valence-corrected chi connectivity index (χ3v) is 5.89. The van der Waals surface area contributed by atoms with Crippen molar-refractivity contribution >= 4 is 45.1 Å². The molecular formula is C17H16N2O3S2. The molecule has 0 unspecified atom stereocenters. The molecule has 0 saturated heterocycles. The standard InChI is InChI=1S/C17H16N2O3S2/c1-9-14(16(21)22-3)10(2)18-15(9)12(20)8-23-17-19-11-6-4-5-7-13(11)24-17/h4-7,18H,8H2,1-3H3. The number of ketones is 1. The summed E-state index contributed by atoms with van der Waals surface area (Å²) in [5, 5.41) is 0. The Morgan fingerprint density at radius 3 is 2.75 bits per heavy atom. The van der Waals surface area contributed by atoms with Crippen LogP contribution in [-0.2, 0) is 4.74 Å². The number of esters is 1. The quantitative estimate of drug-likeness (QED) is 0.423. The van der Waals surface area contributed by atoms with Gasteiger partial charge in [-0.25, -0.2) is 9.78 Å². The molecule has 2 aromatic heterocycles. The van der Waals surface area contributed by atoms with Gasteiger partial charge in [0.25, 0.3) is 0 Å². The van der Waals surface area contributed by atoms with Crippen LogP contribution in [0, 0.1) is 13.8 Å². The van der Waals surface area contributed by atoms with Crippen LogP contribution in [0.1, 0.15) is 32.1 Å². The fraction of sp³-hybridized carbons (Fsp3) is 0.235. The Hall–Kier alpha value is -2.12. The number of H-pyrrole nitrogens is 1. The van der Waals surface area contributed by atoms with Gasteiger partial charge in [-0.1, -0.05) is 23.9 Å². The van der Waals surface area contributed by atoms with Gasteiger partial charge in [-0.15, -0.1) is 11.3 Å². The van der Waals surface area contributed by atoms with E-state index in [1.807, 2.05) is 24.3 Å². The second-order valence-electron chi connectivity index (χ2n) is 5.28. The molecule has 0 radical (unpaired) electrons. The van der Waals surface area contributed by atoms with Gasteiger partial charge in [0.2, 0.25) is 0 Å². The van der Waals surface area contributed by atoms with Gasteiger partial charge in [0.05, 0.1) is 34.3 Å². The first-order valence-corrected chi connectivity index (χ1v) is 9.10. The summed E-state index contributed by atoms with van der Waals surface area (Å²) < 4.78 is 6.73. The molecular weight excluding hydrogens is 344 g/mol. The highest BCUT2D eigenvalue weighted by Gasteiger charge is 2.22. The second-order valence-corrected chi connectivity index (χ2v) is 7.53. The summed E-state index contributed by atoms with van der Waals surface area (Å²) in [4.78, 5) is 31.8. The molecule has 0 aliphatic heterocycles. The zero-order valence-electron chi connectivity index (χ0n) is 13.5. The molecule has 124 valence electrons. The van der Waals surface area contributed by atoms with Gasteiger partial charge < -0.3 is 9.72 Å². The van der Waals surface area contributed by atoms with E-state index < -0.39 is 5.97 Å². The van der Waals surface area contributed by atoms with Gasteiger partial charge in [0, 0.05) is 5.69 Å². The van der Waals surface area contributed by atoms with E-state index in [-0.39, 0.29) is 11.5 Å². The van der Waals surface area contributed by atoms with Gasteiger partial charge in [0.15, 0.2) is 10.1 Å². The molecule has 0 atom stereocenters. The number of aromatic nitrogens is 2. The molecule has 2 heterocycles. The van der Waals surface area contributed by atoms with Crippen molar-refractivity contribution in [3.05, 3.63) is 46.8 Å². The number of nitrogens with one attached hydrogen (secondary N) is 1. The number of carbonyl (C=O) groups excluding carboxylic acids is 2. The van der Waals surface area contributed by atoms with E-state index in [0.29, 0.717) is 22.5 Å². The SMILES string of the molecule is COC(=O)c1c(C)[nH]c(C(=O)CSc2nc3ccccc3s2)c1C. The predicted octanol–water partition coefficient (Wildman–Crippen LogP) is 4.00. The molecule has 3 aromatic rings. The Bertz CT molecular complexity index is 894. The normalized spacial score (nSPS) is 11.0. The van der Waals surface area contributed by atoms with Crippen LogP contribution in [0.5, 0.6) is 0 Å². The number of para-hydroxylation sites is 1. The fourth-order valence-electron chi connectivity index (χ4n) is 2.55. The Morgan fingerprint density at radius 2 is 2.04 bits per heavy atom. The van der Waals surface area contributed by atoms with Gasteiger partial charge in [-0.2, -0.15) is 0 Å². The van der Waals surface area contributed by atoms with Crippen LogP contribution in [0.3, 0.4) is 0 Å². The number of hydrogen-bond donors (Lipinski definition) is 1.